The first kappa shape index (κ1) is 16.7. The van der Waals surface area contributed by atoms with Crippen LogP contribution in [0.4, 0.5) is 0 Å². The number of hydrogen-bond donors (Lipinski definition) is 2. The molecule has 3 nitrogen and oxygen atoms in total. The van der Waals surface area contributed by atoms with Gasteiger partial charge in [-0.15, -0.1) is 0 Å². The summed E-state index contributed by atoms with van der Waals surface area (Å²) in [6.45, 7) is 2.10. The molecule has 4 heteroatoms. The Morgan fingerprint density at radius 3 is 2.92 bits per heavy atom. The number of rotatable bonds is 3. The molecule has 2 aromatic rings. The van der Waals surface area contributed by atoms with Gasteiger partial charge < -0.3 is 10.3 Å². The second kappa shape index (κ2) is 6.30. The molecule has 3 aliphatic carbocycles. The molecule has 26 heavy (non-hydrogen) atoms. The minimum absolute atomic E-state index is 0.256. The largest absolute Gasteiger partial charge is 0.358 e. The Morgan fingerprint density at radius 1 is 1.27 bits per heavy atom. The number of halogens is 1. The van der Waals surface area contributed by atoms with E-state index in [1.165, 1.54) is 53.4 Å². The molecule has 0 aliphatic heterocycles. The highest BCUT2D eigenvalue weighted by molar-refractivity contribution is 6.31. The summed E-state index contributed by atoms with van der Waals surface area (Å²) in [5.74, 6) is 2.64. The third-order valence-electron chi connectivity index (χ3n) is 7.16. The van der Waals surface area contributed by atoms with Crippen LogP contribution in [-0.4, -0.2) is 16.9 Å². The Bertz CT molecular complexity index is 871. The summed E-state index contributed by atoms with van der Waals surface area (Å²) >= 11 is 6.29. The molecule has 2 bridgehead atoms. The van der Waals surface area contributed by atoms with Gasteiger partial charge in [0.05, 0.1) is 0 Å². The van der Waals surface area contributed by atoms with Crippen LogP contribution in [0.1, 0.15) is 55.3 Å². The summed E-state index contributed by atoms with van der Waals surface area (Å²) < 4.78 is 0. The first-order chi connectivity index (χ1) is 12.6. The van der Waals surface area contributed by atoms with Gasteiger partial charge in [0.25, 0.3) is 0 Å². The third kappa shape index (κ3) is 2.85. The monoisotopic (exact) mass is 370 g/mol. The number of fused-ring (bicyclic) bond motifs is 5. The molecule has 1 amide bonds. The first-order valence-corrected chi connectivity index (χ1v) is 10.5. The average molecular weight is 371 g/mol. The van der Waals surface area contributed by atoms with Crippen molar-refractivity contribution in [3.05, 3.63) is 34.0 Å². The van der Waals surface area contributed by atoms with E-state index in [9.17, 15) is 4.79 Å². The fraction of sp³-hybridized carbons (Fsp3) is 0.591. The van der Waals surface area contributed by atoms with Crippen LogP contribution in [0, 0.1) is 24.7 Å². The van der Waals surface area contributed by atoms with E-state index in [2.05, 4.69) is 23.3 Å². The summed E-state index contributed by atoms with van der Waals surface area (Å²) in [7, 11) is 0. The second-order valence-corrected chi connectivity index (χ2v) is 9.31. The molecule has 4 atom stereocenters. The number of amides is 1. The quantitative estimate of drug-likeness (QED) is 0.790. The number of hydrogen-bond acceptors (Lipinski definition) is 1. The van der Waals surface area contributed by atoms with Crippen molar-refractivity contribution in [1.29, 1.82) is 0 Å². The Hall–Kier alpha value is -1.48. The summed E-state index contributed by atoms with van der Waals surface area (Å²) in [4.78, 5) is 16.2. The second-order valence-electron chi connectivity index (χ2n) is 8.87. The van der Waals surface area contributed by atoms with E-state index in [-0.39, 0.29) is 11.9 Å². The molecule has 0 unspecified atom stereocenters. The van der Waals surface area contributed by atoms with Gasteiger partial charge in [-0.1, -0.05) is 18.0 Å². The highest BCUT2D eigenvalue weighted by Gasteiger charge is 2.40. The van der Waals surface area contributed by atoms with Gasteiger partial charge >= 0.3 is 0 Å². The Morgan fingerprint density at radius 2 is 2.15 bits per heavy atom. The zero-order chi connectivity index (χ0) is 17.8. The lowest BCUT2D eigenvalue weighted by atomic mass is 9.86. The van der Waals surface area contributed by atoms with E-state index in [1.54, 1.807) is 0 Å². The predicted octanol–water partition coefficient (Wildman–Crippen LogP) is 4.93. The van der Waals surface area contributed by atoms with Crippen molar-refractivity contribution in [3.8, 4) is 0 Å². The van der Waals surface area contributed by atoms with Gasteiger partial charge in [0.2, 0.25) is 5.91 Å². The lowest BCUT2D eigenvalue weighted by Gasteiger charge is -2.26. The molecular weight excluding hydrogens is 344 g/mol. The maximum atomic E-state index is 12.6. The summed E-state index contributed by atoms with van der Waals surface area (Å²) in [5, 5.41) is 5.37. The molecule has 2 saturated carbocycles. The van der Waals surface area contributed by atoms with Crippen LogP contribution < -0.4 is 5.32 Å². The normalized spacial score (nSPS) is 29.9. The molecule has 5 rings (SSSR count). The minimum atomic E-state index is 0.256. The molecule has 1 aromatic carbocycles. The molecule has 1 aromatic heterocycles. The number of carbonyl (C=O) groups is 1. The van der Waals surface area contributed by atoms with E-state index in [1.807, 2.05) is 6.07 Å². The summed E-state index contributed by atoms with van der Waals surface area (Å²) in [5.41, 5.74) is 5.07. The minimum Gasteiger partial charge on any atom is -0.358 e. The zero-order valence-electron chi connectivity index (χ0n) is 15.4. The molecule has 0 spiro atoms. The number of nitrogens with one attached hydrogen (secondary N) is 2. The smallest absolute Gasteiger partial charge is 0.220 e. The lowest BCUT2D eigenvalue weighted by molar-refractivity contribution is -0.123. The van der Waals surface area contributed by atoms with Crippen molar-refractivity contribution in [2.45, 2.75) is 64.3 Å². The van der Waals surface area contributed by atoms with E-state index in [4.69, 9.17) is 11.6 Å². The lowest BCUT2D eigenvalue weighted by Crippen LogP contribution is -2.39. The zero-order valence-corrected chi connectivity index (χ0v) is 16.2. The summed E-state index contributed by atoms with van der Waals surface area (Å²) in [6, 6.07) is 4.34. The molecule has 0 radical (unpaired) electrons. The van der Waals surface area contributed by atoms with Crippen LogP contribution in [0.15, 0.2) is 12.1 Å². The van der Waals surface area contributed by atoms with Crippen LogP contribution in [-0.2, 0) is 17.6 Å². The number of H-pyrrole nitrogens is 1. The number of aryl methyl sites for hydroxylation is 2. The standard InChI is InChI=1S/C22H27ClN2O/c1-12-6-16(23)10-19-18-11-17(4-5-20(18)25-22(12)19)24-21(26)9-15-8-13-2-3-14(15)7-13/h6,10,13-15,17,25H,2-5,7-9,11H2,1H3,(H,24,26)/t13-,14+,15-,17+/m1/s1. The van der Waals surface area contributed by atoms with Crippen LogP contribution in [0.25, 0.3) is 10.9 Å². The summed E-state index contributed by atoms with van der Waals surface area (Å²) in [6.07, 6.45) is 9.09. The molecule has 1 heterocycles. The van der Waals surface area contributed by atoms with Crippen molar-refractivity contribution in [2.24, 2.45) is 17.8 Å². The highest BCUT2D eigenvalue weighted by Crippen LogP contribution is 2.49. The van der Waals surface area contributed by atoms with E-state index >= 15 is 0 Å². The van der Waals surface area contributed by atoms with E-state index in [0.717, 1.165) is 42.5 Å². The van der Waals surface area contributed by atoms with Gasteiger partial charge in [0.1, 0.15) is 0 Å². The molecule has 2 N–H and O–H groups in total. The SMILES string of the molecule is Cc1cc(Cl)cc2c3c([nH]c12)CC[C@H](NC(=O)C[C@H]1C[C@@H]2CC[C@H]1C2)C3. The Kier molecular flexibility index (Phi) is 4.04. The Labute approximate surface area is 159 Å². The first-order valence-electron chi connectivity index (χ1n) is 10.2. The van der Waals surface area contributed by atoms with Crippen LogP contribution in [0.3, 0.4) is 0 Å². The van der Waals surface area contributed by atoms with Gasteiger partial charge in [-0.2, -0.15) is 0 Å². The Balaban J connectivity index is 1.29. The van der Waals surface area contributed by atoms with Gasteiger partial charge in [-0.25, -0.2) is 0 Å². The van der Waals surface area contributed by atoms with Gasteiger partial charge in [0.15, 0.2) is 0 Å². The molecule has 3 aliphatic rings. The predicted molar refractivity (Wildman–Crippen MR) is 106 cm³/mol. The molecular formula is C22H27ClN2O. The van der Waals surface area contributed by atoms with Crippen molar-refractivity contribution in [2.75, 3.05) is 0 Å². The van der Waals surface area contributed by atoms with Crippen LogP contribution in [0.5, 0.6) is 0 Å². The van der Waals surface area contributed by atoms with Gasteiger partial charge in [-0.05, 0) is 86.5 Å². The van der Waals surface area contributed by atoms with E-state index in [0.29, 0.717) is 5.92 Å². The molecule has 138 valence electrons. The van der Waals surface area contributed by atoms with Gasteiger partial charge in [-0.3, -0.25) is 4.79 Å². The molecule has 0 saturated heterocycles. The van der Waals surface area contributed by atoms with Crippen molar-refractivity contribution in [1.82, 2.24) is 10.3 Å². The average Bonchev–Trinajstić information content (AvgIpc) is 3.29. The van der Waals surface area contributed by atoms with Crippen molar-refractivity contribution in [3.63, 3.8) is 0 Å². The topological polar surface area (TPSA) is 44.9 Å². The highest BCUT2D eigenvalue weighted by atomic mass is 35.5. The number of aromatic nitrogens is 1. The maximum Gasteiger partial charge on any atom is 0.220 e. The van der Waals surface area contributed by atoms with Crippen LogP contribution in [0.2, 0.25) is 5.02 Å². The molecule has 2 fully saturated rings. The number of carbonyl (C=O) groups excluding carboxylic acids is 1. The van der Waals surface area contributed by atoms with E-state index < -0.39 is 0 Å². The maximum absolute atomic E-state index is 12.6. The van der Waals surface area contributed by atoms with Crippen molar-refractivity contribution < 1.29 is 4.79 Å². The third-order valence-corrected chi connectivity index (χ3v) is 7.37. The van der Waals surface area contributed by atoms with Crippen LogP contribution >= 0.6 is 11.6 Å². The van der Waals surface area contributed by atoms with Gasteiger partial charge in [0, 0.05) is 34.1 Å². The number of benzene rings is 1. The fourth-order valence-corrected chi connectivity index (χ4v) is 6.20. The van der Waals surface area contributed by atoms with Crippen molar-refractivity contribution >= 4 is 28.4 Å². The number of aromatic amines is 1. The fourth-order valence-electron chi connectivity index (χ4n) is 5.92.